The summed E-state index contributed by atoms with van der Waals surface area (Å²) >= 11 is 1.23. The van der Waals surface area contributed by atoms with Crippen molar-refractivity contribution in [1.82, 2.24) is 15.0 Å². The Morgan fingerprint density at radius 3 is 2.76 bits per heavy atom. The van der Waals surface area contributed by atoms with Crippen molar-refractivity contribution in [1.29, 1.82) is 0 Å². The lowest BCUT2D eigenvalue weighted by Crippen LogP contribution is -2.29. The summed E-state index contributed by atoms with van der Waals surface area (Å²) in [5.41, 5.74) is 0. The Morgan fingerprint density at radius 2 is 2.16 bits per heavy atom. The number of carbonyl (C=O) groups excluding carboxylic acids is 1. The largest absolute Gasteiger partial charge is 0.471 e. The minimum Gasteiger partial charge on any atom is -0.385 e. The number of rotatable bonds is 8. The Kier molecular flexibility index (Phi) is 6.54. The van der Waals surface area contributed by atoms with Gasteiger partial charge in [0, 0.05) is 31.6 Å². The van der Waals surface area contributed by atoms with E-state index in [0.29, 0.717) is 37.4 Å². The maximum absolute atomic E-state index is 12.5. The van der Waals surface area contributed by atoms with Crippen LogP contribution in [0.4, 0.5) is 13.2 Å². The summed E-state index contributed by atoms with van der Waals surface area (Å²) in [7, 11) is 1.58. The van der Waals surface area contributed by atoms with Gasteiger partial charge in [0.05, 0.1) is 11.4 Å². The average molecular weight is 377 g/mol. The highest BCUT2D eigenvalue weighted by atomic mass is 32.1. The molecule has 0 spiro atoms. The van der Waals surface area contributed by atoms with E-state index in [0.717, 1.165) is 4.88 Å². The van der Waals surface area contributed by atoms with Crippen LogP contribution in [-0.2, 0) is 22.3 Å². The Hall–Kier alpha value is -1.94. The van der Waals surface area contributed by atoms with Gasteiger partial charge in [0.2, 0.25) is 11.7 Å². The number of thiophene rings is 1. The molecule has 0 aliphatic rings. The summed E-state index contributed by atoms with van der Waals surface area (Å²) in [5, 5.41) is 3.36. The lowest BCUT2D eigenvalue weighted by atomic mass is 10.2. The molecule has 2 aromatic rings. The van der Waals surface area contributed by atoms with E-state index in [2.05, 4.69) is 14.7 Å². The van der Waals surface area contributed by atoms with Crippen LogP contribution in [0, 0.1) is 0 Å². The first-order valence-corrected chi connectivity index (χ1v) is 8.43. The zero-order chi connectivity index (χ0) is 18.4. The van der Waals surface area contributed by atoms with Gasteiger partial charge in [-0.2, -0.15) is 18.2 Å². The number of alkyl halides is 3. The normalized spacial score (nSPS) is 11.7. The van der Waals surface area contributed by atoms with E-state index in [1.165, 1.54) is 11.3 Å². The number of hydrogen-bond donors (Lipinski definition) is 0. The molecule has 0 unspecified atom stereocenters. The average Bonchev–Trinajstić information content (AvgIpc) is 3.21. The highest BCUT2D eigenvalue weighted by Gasteiger charge is 2.38. The van der Waals surface area contributed by atoms with Crippen molar-refractivity contribution in [3.63, 3.8) is 0 Å². The van der Waals surface area contributed by atoms with Crippen molar-refractivity contribution in [3.05, 3.63) is 22.9 Å². The van der Waals surface area contributed by atoms with Crippen LogP contribution in [0.2, 0.25) is 0 Å². The smallest absolute Gasteiger partial charge is 0.385 e. The highest BCUT2D eigenvalue weighted by molar-refractivity contribution is 7.15. The predicted octanol–water partition coefficient (Wildman–Crippen LogP) is 3.59. The maximum Gasteiger partial charge on any atom is 0.471 e. The second-order valence-corrected chi connectivity index (χ2v) is 6.36. The molecule has 0 aliphatic heterocycles. The zero-order valence-corrected chi connectivity index (χ0v) is 14.6. The van der Waals surface area contributed by atoms with Crippen molar-refractivity contribution in [2.45, 2.75) is 32.5 Å². The van der Waals surface area contributed by atoms with Crippen molar-refractivity contribution in [3.8, 4) is 10.7 Å². The molecule has 25 heavy (non-hydrogen) atoms. The van der Waals surface area contributed by atoms with Crippen LogP contribution in [0.15, 0.2) is 16.7 Å². The van der Waals surface area contributed by atoms with E-state index < -0.39 is 12.1 Å². The van der Waals surface area contributed by atoms with Crippen LogP contribution in [-0.4, -0.2) is 41.2 Å². The molecular weight excluding hydrogens is 359 g/mol. The van der Waals surface area contributed by atoms with E-state index in [1.54, 1.807) is 24.1 Å². The molecule has 1 amide bonds. The quantitative estimate of drug-likeness (QED) is 0.658. The van der Waals surface area contributed by atoms with Gasteiger partial charge in [-0.25, -0.2) is 0 Å². The van der Waals surface area contributed by atoms with Crippen LogP contribution >= 0.6 is 11.3 Å². The van der Waals surface area contributed by atoms with Crippen LogP contribution < -0.4 is 0 Å². The molecule has 138 valence electrons. The molecule has 0 saturated carbocycles. The van der Waals surface area contributed by atoms with Gasteiger partial charge in [-0.05, 0) is 25.5 Å². The monoisotopic (exact) mass is 377 g/mol. The number of carbonyl (C=O) groups is 1. The van der Waals surface area contributed by atoms with Crippen LogP contribution in [0.5, 0.6) is 0 Å². The fourth-order valence-corrected chi connectivity index (χ4v) is 3.06. The first-order valence-electron chi connectivity index (χ1n) is 7.61. The van der Waals surface area contributed by atoms with Crippen molar-refractivity contribution in [2.24, 2.45) is 0 Å². The molecule has 0 atom stereocenters. The van der Waals surface area contributed by atoms with E-state index in [-0.39, 0.29) is 11.7 Å². The van der Waals surface area contributed by atoms with E-state index in [4.69, 9.17) is 4.74 Å². The molecule has 6 nitrogen and oxygen atoms in total. The SMILES string of the molecule is CCN(Cc1ccc(-c2noc(C(F)(F)F)n2)s1)C(=O)CCCOC. The number of methoxy groups -OCH3 is 1. The number of ether oxygens (including phenoxy) is 1. The number of nitrogens with zero attached hydrogens (tertiary/aromatic N) is 3. The van der Waals surface area contributed by atoms with Crippen molar-refractivity contribution < 1.29 is 27.2 Å². The van der Waals surface area contributed by atoms with Gasteiger partial charge in [-0.3, -0.25) is 4.79 Å². The van der Waals surface area contributed by atoms with Crippen molar-refractivity contribution in [2.75, 3.05) is 20.3 Å². The molecule has 0 N–H and O–H groups in total. The molecule has 10 heteroatoms. The third-order valence-electron chi connectivity index (χ3n) is 3.37. The van der Waals surface area contributed by atoms with Crippen molar-refractivity contribution >= 4 is 17.2 Å². The highest BCUT2D eigenvalue weighted by Crippen LogP contribution is 2.32. The molecule has 0 aromatic carbocycles. The lowest BCUT2D eigenvalue weighted by molar-refractivity contribution is -0.159. The van der Waals surface area contributed by atoms with E-state index in [9.17, 15) is 18.0 Å². The van der Waals surface area contributed by atoms with Gasteiger partial charge in [0.15, 0.2) is 0 Å². The standard InChI is InChI=1S/C15H18F3N3O3S/c1-3-21(12(22)5-4-8-23-2)9-10-6-7-11(25-10)13-19-14(24-20-13)15(16,17)18/h6-7H,3-5,8-9H2,1-2H3. The summed E-state index contributed by atoms with van der Waals surface area (Å²) < 4.78 is 46.7. The van der Waals surface area contributed by atoms with E-state index in [1.807, 2.05) is 6.92 Å². The summed E-state index contributed by atoms with van der Waals surface area (Å²) in [6, 6.07) is 3.36. The lowest BCUT2D eigenvalue weighted by Gasteiger charge is -2.20. The van der Waals surface area contributed by atoms with Crippen LogP contribution in [0.1, 0.15) is 30.5 Å². The van der Waals surface area contributed by atoms with Gasteiger partial charge in [0.25, 0.3) is 0 Å². The van der Waals surface area contributed by atoms with Gasteiger partial charge >= 0.3 is 12.1 Å². The predicted molar refractivity (Wildman–Crippen MR) is 84.8 cm³/mol. The topological polar surface area (TPSA) is 68.5 Å². The molecule has 0 radical (unpaired) electrons. The fraction of sp³-hybridized carbons (Fsp3) is 0.533. The summed E-state index contributed by atoms with van der Waals surface area (Å²) in [6.45, 7) is 3.32. The molecule has 0 saturated heterocycles. The minimum absolute atomic E-state index is 0.00780. The molecule has 0 bridgehead atoms. The second kappa shape index (κ2) is 8.43. The number of amides is 1. The number of hydrogen-bond acceptors (Lipinski definition) is 6. The Bertz CT molecular complexity index is 699. The first-order chi connectivity index (χ1) is 11.8. The third kappa shape index (κ3) is 5.27. The molecule has 2 aromatic heterocycles. The van der Waals surface area contributed by atoms with E-state index >= 15 is 0 Å². The first kappa shape index (κ1) is 19.4. The minimum atomic E-state index is -4.67. The Morgan fingerprint density at radius 1 is 1.40 bits per heavy atom. The maximum atomic E-state index is 12.5. The molecular formula is C15H18F3N3O3S. The molecule has 0 aliphatic carbocycles. The number of aromatic nitrogens is 2. The Labute approximate surface area is 146 Å². The van der Waals surface area contributed by atoms with Crippen LogP contribution in [0.3, 0.4) is 0 Å². The van der Waals surface area contributed by atoms with Gasteiger partial charge in [0.1, 0.15) is 0 Å². The van der Waals surface area contributed by atoms with Gasteiger partial charge < -0.3 is 14.2 Å². The molecule has 0 fully saturated rings. The Balaban J connectivity index is 2.02. The third-order valence-corrected chi connectivity index (χ3v) is 4.44. The molecule has 2 rings (SSSR count). The number of halogens is 3. The second-order valence-electron chi connectivity index (χ2n) is 5.19. The van der Waals surface area contributed by atoms with Crippen LogP contribution in [0.25, 0.3) is 10.7 Å². The van der Waals surface area contributed by atoms with Gasteiger partial charge in [-0.15, -0.1) is 11.3 Å². The summed E-state index contributed by atoms with van der Waals surface area (Å²) in [6.07, 6.45) is -3.64. The fourth-order valence-electron chi connectivity index (χ4n) is 2.11. The summed E-state index contributed by atoms with van der Waals surface area (Å²) in [4.78, 5) is 18.5. The van der Waals surface area contributed by atoms with Gasteiger partial charge in [-0.1, -0.05) is 5.16 Å². The molecule has 2 heterocycles. The zero-order valence-electron chi connectivity index (χ0n) is 13.8. The summed E-state index contributed by atoms with van der Waals surface area (Å²) in [5.74, 6) is -1.48.